The first-order valence-electron chi connectivity index (χ1n) is 10.8. The Morgan fingerprint density at radius 1 is 1.20 bits per heavy atom. The van der Waals surface area contributed by atoms with Crippen LogP contribution in [0.15, 0.2) is 15.8 Å². The van der Waals surface area contributed by atoms with Crippen molar-refractivity contribution in [3.8, 4) is 0 Å². The van der Waals surface area contributed by atoms with E-state index in [9.17, 15) is 14.2 Å². The van der Waals surface area contributed by atoms with Crippen LogP contribution >= 0.6 is 8.25 Å². The van der Waals surface area contributed by atoms with Crippen molar-refractivity contribution < 1.29 is 18.3 Å². The van der Waals surface area contributed by atoms with Crippen LogP contribution in [0.4, 0.5) is 0 Å². The maximum Gasteiger partial charge on any atom is 0.698 e. The first-order valence-corrected chi connectivity index (χ1v) is 11.9. The molecule has 0 radical (unpaired) electrons. The molecular formula is C20H29N3O6P+. The summed E-state index contributed by atoms with van der Waals surface area (Å²) in [4.78, 5) is 25.9. The zero-order valence-electron chi connectivity index (χ0n) is 17.1. The van der Waals surface area contributed by atoms with Crippen molar-refractivity contribution in [3.05, 3.63) is 32.6 Å². The van der Waals surface area contributed by atoms with Gasteiger partial charge in [0.25, 0.3) is 5.56 Å². The van der Waals surface area contributed by atoms with E-state index < -0.39 is 31.8 Å². The number of hydrogen-bond acceptors (Lipinski definition) is 7. The zero-order chi connectivity index (χ0) is 21.0. The molecule has 30 heavy (non-hydrogen) atoms. The minimum Gasteiger partial charge on any atom is -0.350 e. The Morgan fingerprint density at radius 2 is 1.83 bits per heavy atom. The molecule has 9 nitrogen and oxygen atoms in total. The van der Waals surface area contributed by atoms with Crippen LogP contribution in [0.2, 0.25) is 0 Å². The van der Waals surface area contributed by atoms with E-state index in [-0.39, 0.29) is 18.2 Å². The first-order chi connectivity index (χ1) is 14.3. The standard InChI is InChI=1S/C20H28N3O6P/c1-11-9-23(19(25)22-18(11)24)17-5-15(21)16(28-17)10-27-30(26)29-20-6-12-2-13(7-20)4-14(3-12)8-20/h9,12-17H,2-8,10,21H2,1H3/p+1/t12?,13?,14?,15-,16+,17+,20?/m0/s1. The second-order valence-electron chi connectivity index (χ2n) is 9.72. The van der Waals surface area contributed by atoms with E-state index in [1.54, 1.807) is 6.92 Å². The van der Waals surface area contributed by atoms with Crippen LogP contribution in [0.25, 0.3) is 0 Å². The molecule has 1 unspecified atom stereocenters. The molecule has 1 aliphatic heterocycles. The van der Waals surface area contributed by atoms with Gasteiger partial charge >= 0.3 is 13.9 Å². The predicted octanol–water partition coefficient (Wildman–Crippen LogP) is 2.12. The molecule has 6 rings (SSSR count). The number of aryl methyl sites for hydroxylation is 1. The fraction of sp³-hybridized carbons (Fsp3) is 0.800. The zero-order valence-corrected chi connectivity index (χ0v) is 18.0. The van der Waals surface area contributed by atoms with Gasteiger partial charge in [-0.25, -0.2) is 4.79 Å². The maximum absolute atomic E-state index is 12.6. The summed E-state index contributed by atoms with van der Waals surface area (Å²) in [6.45, 7) is 1.66. The van der Waals surface area contributed by atoms with Crippen LogP contribution < -0.4 is 17.0 Å². The van der Waals surface area contributed by atoms with Gasteiger partial charge in [-0.2, -0.15) is 0 Å². The summed E-state index contributed by atoms with van der Waals surface area (Å²) in [5.74, 6) is 2.10. The molecular weight excluding hydrogens is 409 g/mol. The number of nitrogens with zero attached hydrogens (tertiary/aromatic N) is 1. The largest absolute Gasteiger partial charge is 0.698 e. The second kappa shape index (κ2) is 7.64. The fourth-order valence-corrected chi connectivity index (χ4v) is 7.21. The highest BCUT2D eigenvalue weighted by atomic mass is 31.1. The number of nitrogens with one attached hydrogen (secondary N) is 1. The molecule has 1 saturated heterocycles. The van der Waals surface area contributed by atoms with Gasteiger partial charge in [-0.3, -0.25) is 14.3 Å². The Hall–Kier alpha value is -1.38. The van der Waals surface area contributed by atoms with E-state index in [0.29, 0.717) is 29.7 Å². The molecule has 2 heterocycles. The molecule has 164 valence electrons. The van der Waals surface area contributed by atoms with Gasteiger partial charge in [0, 0.05) is 28.8 Å². The summed E-state index contributed by atoms with van der Waals surface area (Å²) in [6.07, 6.45) is 7.58. The van der Waals surface area contributed by atoms with Crippen LogP contribution in [0.5, 0.6) is 0 Å². The molecule has 10 heteroatoms. The van der Waals surface area contributed by atoms with Gasteiger partial charge < -0.3 is 10.5 Å². The van der Waals surface area contributed by atoms with Crippen LogP contribution in [0, 0.1) is 24.7 Å². The summed E-state index contributed by atoms with van der Waals surface area (Å²) in [7, 11) is -2.26. The number of H-pyrrole nitrogens is 1. The maximum atomic E-state index is 12.6. The molecule has 4 bridgehead atoms. The first kappa shape index (κ1) is 20.5. The monoisotopic (exact) mass is 438 g/mol. The van der Waals surface area contributed by atoms with Gasteiger partial charge in [-0.15, -0.1) is 9.05 Å². The molecule has 4 aliphatic carbocycles. The molecule has 0 aromatic carbocycles. The molecule has 3 N–H and O–H groups in total. The molecule has 0 spiro atoms. The summed E-state index contributed by atoms with van der Waals surface area (Å²) < 4.78 is 31.3. The lowest BCUT2D eigenvalue weighted by Crippen LogP contribution is -2.51. The van der Waals surface area contributed by atoms with Crippen molar-refractivity contribution in [1.82, 2.24) is 9.55 Å². The normalized spacial score (nSPS) is 40.1. The van der Waals surface area contributed by atoms with E-state index >= 15 is 0 Å². The van der Waals surface area contributed by atoms with E-state index in [2.05, 4.69) is 4.98 Å². The molecule has 5 fully saturated rings. The number of hydrogen-bond donors (Lipinski definition) is 2. The summed E-state index contributed by atoms with van der Waals surface area (Å²) in [6, 6.07) is -0.378. The van der Waals surface area contributed by atoms with Crippen molar-refractivity contribution in [2.45, 2.75) is 75.8 Å². The average Bonchev–Trinajstić information content (AvgIpc) is 3.02. The van der Waals surface area contributed by atoms with Gasteiger partial charge in [0.1, 0.15) is 24.5 Å². The quantitative estimate of drug-likeness (QED) is 0.652. The minimum atomic E-state index is -2.26. The van der Waals surface area contributed by atoms with Gasteiger partial charge in [-0.1, -0.05) is 0 Å². The lowest BCUT2D eigenvalue weighted by Gasteiger charge is -2.53. The third-order valence-corrected chi connectivity index (χ3v) is 8.23. The highest BCUT2D eigenvalue weighted by molar-refractivity contribution is 7.33. The van der Waals surface area contributed by atoms with Crippen LogP contribution in [-0.2, 0) is 18.3 Å². The SMILES string of the molecule is Cc1cn([C@H]2C[C@H](N)[C@@H](CO[P+](=O)OC34CC5CC(CC(C5)C3)C4)O2)c(=O)[nH]c1=O. The summed E-state index contributed by atoms with van der Waals surface area (Å²) in [5.41, 5.74) is 5.34. The van der Waals surface area contributed by atoms with Gasteiger partial charge in [0.05, 0.1) is 0 Å². The van der Waals surface area contributed by atoms with Crippen LogP contribution in [-0.4, -0.2) is 33.9 Å². The molecule has 1 aromatic heterocycles. The Morgan fingerprint density at radius 3 is 2.47 bits per heavy atom. The highest BCUT2D eigenvalue weighted by Crippen LogP contribution is 2.59. The molecule has 1 aromatic rings. The molecule has 4 atom stereocenters. The minimum absolute atomic E-state index is 0.0380. The van der Waals surface area contributed by atoms with Crippen molar-refractivity contribution in [3.63, 3.8) is 0 Å². The van der Waals surface area contributed by atoms with E-state index in [4.69, 9.17) is 19.5 Å². The van der Waals surface area contributed by atoms with E-state index in [0.717, 1.165) is 19.3 Å². The molecule has 5 aliphatic rings. The smallest absolute Gasteiger partial charge is 0.350 e. The van der Waals surface area contributed by atoms with Gasteiger partial charge in [-0.05, 0) is 63.2 Å². The summed E-state index contributed by atoms with van der Waals surface area (Å²) >= 11 is 0. The highest BCUT2D eigenvalue weighted by Gasteiger charge is 2.56. The Balaban J connectivity index is 1.18. The summed E-state index contributed by atoms with van der Waals surface area (Å²) in [5, 5.41) is 0. The fourth-order valence-electron chi connectivity index (χ4n) is 6.35. The van der Waals surface area contributed by atoms with Crippen LogP contribution in [0.3, 0.4) is 0 Å². The second-order valence-corrected chi connectivity index (χ2v) is 10.6. The van der Waals surface area contributed by atoms with Crippen LogP contribution in [0.1, 0.15) is 56.7 Å². The lowest BCUT2D eigenvalue weighted by molar-refractivity contribution is -0.111. The number of rotatable bonds is 6. The number of aromatic amines is 1. The third-order valence-electron chi connectivity index (χ3n) is 7.33. The van der Waals surface area contributed by atoms with Gasteiger partial charge in [0.2, 0.25) is 0 Å². The topological polar surface area (TPSA) is 126 Å². The van der Waals surface area contributed by atoms with E-state index in [1.807, 2.05) is 0 Å². The molecule has 0 amide bonds. The van der Waals surface area contributed by atoms with Crippen molar-refractivity contribution in [2.24, 2.45) is 23.5 Å². The Kier molecular flexibility index (Phi) is 5.22. The number of ether oxygens (including phenoxy) is 1. The Bertz CT molecular complexity index is 923. The van der Waals surface area contributed by atoms with E-state index in [1.165, 1.54) is 30.0 Å². The van der Waals surface area contributed by atoms with Crippen molar-refractivity contribution >= 4 is 8.25 Å². The van der Waals surface area contributed by atoms with Gasteiger partial charge in [0.15, 0.2) is 0 Å². The average molecular weight is 438 g/mol. The number of nitrogens with two attached hydrogens (primary N) is 1. The lowest BCUT2D eigenvalue weighted by atomic mass is 9.54. The number of aromatic nitrogens is 2. The predicted molar refractivity (Wildman–Crippen MR) is 108 cm³/mol. The Labute approximate surface area is 175 Å². The third kappa shape index (κ3) is 3.82. The van der Waals surface area contributed by atoms with Crippen molar-refractivity contribution in [2.75, 3.05) is 6.61 Å². The molecule has 4 saturated carbocycles. The van der Waals surface area contributed by atoms with Crippen molar-refractivity contribution in [1.29, 1.82) is 0 Å².